The minimum Gasteiger partial charge on any atom is -0.381 e. The van der Waals surface area contributed by atoms with E-state index in [1.54, 1.807) is 6.20 Å². The Kier molecular flexibility index (Phi) is 5.90. The Labute approximate surface area is 142 Å². The molecule has 1 atom stereocenters. The fourth-order valence-electron chi connectivity index (χ4n) is 2.83. The lowest BCUT2D eigenvalue weighted by atomic mass is 10.0. The van der Waals surface area contributed by atoms with Crippen LogP contribution >= 0.6 is 0 Å². The second-order valence-corrected chi connectivity index (χ2v) is 6.08. The van der Waals surface area contributed by atoms with Crippen molar-refractivity contribution in [2.75, 3.05) is 13.2 Å². The lowest BCUT2D eigenvalue weighted by Gasteiger charge is -2.20. The van der Waals surface area contributed by atoms with Crippen LogP contribution in [0.5, 0.6) is 0 Å². The third-order valence-electron chi connectivity index (χ3n) is 4.21. The van der Waals surface area contributed by atoms with Gasteiger partial charge >= 0.3 is 0 Å². The first kappa shape index (κ1) is 16.6. The lowest BCUT2D eigenvalue weighted by molar-refractivity contribution is -0.121. The van der Waals surface area contributed by atoms with Crippen LogP contribution in [0.25, 0.3) is 0 Å². The van der Waals surface area contributed by atoms with Crippen LogP contribution in [0.3, 0.4) is 0 Å². The number of benzene rings is 1. The molecule has 5 nitrogen and oxygen atoms in total. The van der Waals surface area contributed by atoms with Crippen LogP contribution in [0, 0.1) is 0 Å². The number of nitrogens with zero attached hydrogens (tertiary/aromatic N) is 2. The molecule has 1 amide bonds. The van der Waals surface area contributed by atoms with Crippen LogP contribution in [-0.2, 0) is 22.5 Å². The van der Waals surface area contributed by atoms with Gasteiger partial charge in [-0.3, -0.25) is 4.79 Å². The SMILES string of the molecule is O=C(CCc1ccccc1)NCc1ccnc(C2CCCOC2)n1. The second kappa shape index (κ2) is 8.55. The van der Waals surface area contributed by atoms with E-state index in [-0.39, 0.29) is 11.8 Å². The highest BCUT2D eigenvalue weighted by molar-refractivity contribution is 5.76. The Hall–Kier alpha value is -2.27. The number of hydrogen-bond acceptors (Lipinski definition) is 4. The Morgan fingerprint density at radius 3 is 2.92 bits per heavy atom. The maximum Gasteiger partial charge on any atom is 0.220 e. The molecule has 0 radical (unpaired) electrons. The number of aromatic nitrogens is 2. The zero-order valence-corrected chi connectivity index (χ0v) is 13.8. The van der Waals surface area contributed by atoms with Gasteiger partial charge in [-0.05, 0) is 30.9 Å². The summed E-state index contributed by atoms with van der Waals surface area (Å²) in [7, 11) is 0. The van der Waals surface area contributed by atoms with E-state index in [0.717, 1.165) is 37.4 Å². The van der Waals surface area contributed by atoms with Crippen LogP contribution in [0.1, 0.15) is 42.3 Å². The van der Waals surface area contributed by atoms with Crippen molar-refractivity contribution in [2.45, 2.75) is 38.1 Å². The lowest BCUT2D eigenvalue weighted by Crippen LogP contribution is -2.24. The van der Waals surface area contributed by atoms with Crippen molar-refractivity contribution in [3.63, 3.8) is 0 Å². The quantitative estimate of drug-likeness (QED) is 0.887. The van der Waals surface area contributed by atoms with Gasteiger partial charge in [-0.2, -0.15) is 0 Å². The zero-order chi connectivity index (χ0) is 16.6. The van der Waals surface area contributed by atoms with Gasteiger partial charge in [0.1, 0.15) is 5.82 Å². The van der Waals surface area contributed by atoms with Crippen molar-refractivity contribution in [1.82, 2.24) is 15.3 Å². The molecule has 1 aromatic carbocycles. The smallest absolute Gasteiger partial charge is 0.220 e. The van der Waals surface area contributed by atoms with Crippen molar-refractivity contribution in [1.29, 1.82) is 0 Å². The summed E-state index contributed by atoms with van der Waals surface area (Å²) in [6.45, 7) is 1.96. The second-order valence-electron chi connectivity index (χ2n) is 6.08. The van der Waals surface area contributed by atoms with Crippen molar-refractivity contribution >= 4 is 5.91 Å². The standard InChI is InChI=1S/C19H23N3O2/c23-18(9-8-15-5-2-1-3-6-15)21-13-17-10-11-20-19(22-17)16-7-4-12-24-14-16/h1-3,5-6,10-11,16H,4,7-9,12-14H2,(H,21,23). The molecule has 1 N–H and O–H groups in total. The summed E-state index contributed by atoms with van der Waals surface area (Å²) in [6, 6.07) is 11.9. The number of amides is 1. The van der Waals surface area contributed by atoms with Crippen LogP contribution in [-0.4, -0.2) is 29.1 Å². The molecule has 2 heterocycles. The largest absolute Gasteiger partial charge is 0.381 e. The summed E-state index contributed by atoms with van der Waals surface area (Å²) in [4.78, 5) is 20.9. The molecular weight excluding hydrogens is 302 g/mol. The number of carbonyl (C=O) groups excluding carboxylic acids is 1. The summed E-state index contributed by atoms with van der Waals surface area (Å²) in [5, 5.41) is 2.94. The minimum atomic E-state index is 0.0417. The highest BCUT2D eigenvalue weighted by Crippen LogP contribution is 2.22. The molecule has 3 rings (SSSR count). The van der Waals surface area contributed by atoms with Crippen LogP contribution in [0.2, 0.25) is 0 Å². The van der Waals surface area contributed by atoms with Crippen LogP contribution in [0.4, 0.5) is 0 Å². The van der Waals surface area contributed by atoms with Crippen molar-refractivity contribution < 1.29 is 9.53 Å². The van der Waals surface area contributed by atoms with Gasteiger partial charge in [0.15, 0.2) is 0 Å². The summed E-state index contributed by atoms with van der Waals surface area (Å²) in [5.41, 5.74) is 2.02. The Morgan fingerprint density at radius 2 is 2.12 bits per heavy atom. The molecule has 1 aliphatic rings. The van der Waals surface area contributed by atoms with Gasteiger partial charge in [-0.25, -0.2) is 9.97 Å². The monoisotopic (exact) mass is 325 g/mol. The molecule has 24 heavy (non-hydrogen) atoms. The van der Waals surface area contributed by atoms with Gasteiger partial charge in [0, 0.05) is 25.1 Å². The molecule has 1 unspecified atom stereocenters. The molecule has 1 aromatic heterocycles. The minimum absolute atomic E-state index is 0.0417. The third-order valence-corrected chi connectivity index (χ3v) is 4.21. The molecule has 1 fully saturated rings. The number of rotatable bonds is 6. The van der Waals surface area contributed by atoms with Gasteiger partial charge in [-0.15, -0.1) is 0 Å². The highest BCUT2D eigenvalue weighted by Gasteiger charge is 2.18. The first-order valence-electron chi connectivity index (χ1n) is 8.51. The Morgan fingerprint density at radius 1 is 1.25 bits per heavy atom. The van der Waals surface area contributed by atoms with Crippen LogP contribution in [0.15, 0.2) is 42.6 Å². The van der Waals surface area contributed by atoms with E-state index in [2.05, 4.69) is 15.3 Å². The van der Waals surface area contributed by atoms with E-state index in [1.807, 2.05) is 36.4 Å². The van der Waals surface area contributed by atoms with Gasteiger partial charge in [-0.1, -0.05) is 30.3 Å². The highest BCUT2D eigenvalue weighted by atomic mass is 16.5. The number of hydrogen-bond donors (Lipinski definition) is 1. The first-order chi connectivity index (χ1) is 11.8. The zero-order valence-electron chi connectivity index (χ0n) is 13.8. The maximum atomic E-state index is 12.0. The normalized spacial score (nSPS) is 17.4. The number of nitrogens with one attached hydrogen (secondary N) is 1. The van der Waals surface area contributed by atoms with Crippen molar-refractivity contribution in [3.05, 3.63) is 59.7 Å². The van der Waals surface area contributed by atoms with Crippen LogP contribution < -0.4 is 5.32 Å². The van der Waals surface area contributed by atoms with Crippen molar-refractivity contribution in [2.24, 2.45) is 0 Å². The average molecular weight is 325 g/mol. The molecule has 0 bridgehead atoms. The average Bonchev–Trinajstić information content (AvgIpc) is 2.66. The maximum absolute atomic E-state index is 12.0. The van der Waals surface area contributed by atoms with E-state index < -0.39 is 0 Å². The van der Waals surface area contributed by atoms with Gasteiger partial charge in [0.05, 0.1) is 18.8 Å². The topological polar surface area (TPSA) is 64.1 Å². The third kappa shape index (κ3) is 4.86. The number of aryl methyl sites for hydroxylation is 1. The molecule has 126 valence electrons. The molecule has 5 heteroatoms. The molecule has 0 saturated carbocycles. The van der Waals surface area contributed by atoms with E-state index in [9.17, 15) is 4.79 Å². The summed E-state index contributed by atoms with van der Waals surface area (Å²) >= 11 is 0. The Balaban J connectivity index is 1.48. The molecule has 0 aliphatic carbocycles. The van der Waals surface area contributed by atoms with Gasteiger partial charge in [0.2, 0.25) is 5.91 Å². The first-order valence-corrected chi connectivity index (χ1v) is 8.51. The molecule has 1 aliphatic heterocycles. The fraction of sp³-hybridized carbons (Fsp3) is 0.421. The van der Waals surface area contributed by atoms with E-state index >= 15 is 0 Å². The van der Waals surface area contributed by atoms with Gasteiger partial charge in [0.25, 0.3) is 0 Å². The number of ether oxygens (including phenoxy) is 1. The van der Waals surface area contributed by atoms with E-state index in [0.29, 0.717) is 19.6 Å². The molecular formula is C19H23N3O2. The predicted molar refractivity (Wildman–Crippen MR) is 91.4 cm³/mol. The Bertz CT molecular complexity index is 655. The fourth-order valence-corrected chi connectivity index (χ4v) is 2.83. The van der Waals surface area contributed by atoms with Crippen molar-refractivity contribution in [3.8, 4) is 0 Å². The summed E-state index contributed by atoms with van der Waals surface area (Å²) in [6.07, 6.45) is 5.11. The molecule has 0 spiro atoms. The van der Waals surface area contributed by atoms with E-state index in [4.69, 9.17) is 4.74 Å². The molecule has 1 saturated heterocycles. The number of carbonyl (C=O) groups is 1. The molecule has 2 aromatic rings. The summed E-state index contributed by atoms with van der Waals surface area (Å²) < 4.78 is 5.50. The summed E-state index contributed by atoms with van der Waals surface area (Å²) in [5.74, 6) is 1.14. The predicted octanol–water partition coefficient (Wildman–Crippen LogP) is 2.62. The van der Waals surface area contributed by atoms with Gasteiger partial charge < -0.3 is 10.1 Å². The van der Waals surface area contributed by atoms with E-state index in [1.165, 1.54) is 5.56 Å².